The van der Waals surface area contributed by atoms with Gasteiger partial charge in [-0.25, -0.2) is 0 Å². The van der Waals surface area contributed by atoms with Crippen molar-refractivity contribution in [2.24, 2.45) is 5.92 Å². The fraction of sp³-hybridized carbons (Fsp3) is 0.812. The molecule has 2 unspecified atom stereocenters. The summed E-state index contributed by atoms with van der Waals surface area (Å²) in [6.45, 7) is 12.7. The second-order valence-electron chi connectivity index (χ2n) is 5.31. The van der Waals surface area contributed by atoms with E-state index in [1.54, 1.807) is 0 Å². The summed E-state index contributed by atoms with van der Waals surface area (Å²) in [6.07, 6.45) is 6.07. The van der Waals surface area contributed by atoms with E-state index in [0.717, 1.165) is 32.1 Å². The molecule has 0 saturated heterocycles. The van der Waals surface area contributed by atoms with Crippen molar-refractivity contribution in [1.29, 1.82) is 0 Å². The number of rotatable bonds is 9. The lowest BCUT2D eigenvalue weighted by Gasteiger charge is -2.28. The molecule has 0 rings (SSSR count). The van der Waals surface area contributed by atoms with E-state index in [-0.39, 0.29) is 5.91 Å². The van der Waals surface area contributed by atoms with E-state index in [0.29, 0.717) is 18.4 Å². The normalized spacial score (nSPS) is 14.1. The highest BCUT2D eigenvalue weighted by molar-refractivity contribution is 5.75. The van der Waals surface area contributed by atoms with Gasteiger partial charge in [-0.1, -0.05) is 46.3 Å². The van der Waals surface area contributed by atoms with Crippen molar-refractivity contribution in [2.75, 3.05) is 7.05 Å². The molecule has 0 fully saturated rings. The minimum atomic E-state index is 0.252. The number of hydrogen-bond acceptors (Lipinski definition) is 1. The molecule has 0 N–H and O–H groups in total. The van der Waals surface area contributed by atoms with Gasteiger partial charge in [0.1, 0.15) is 0 Å². The van der Waals surface area contributed by atoms with E-state index in [1.807, 2.05) is 18.9 Å². The van der Waals surface area contributed by atoms with Crippen molar-refractivity contribution in [1.82, 2.24) is 4.90 Å². The summed E-state index contributed by atoms with van der Waals surface area (Å²) in [5, 5.41) is 0. The monoisotopic (exact) mass is 253 g/mol. The van der Waals surface area contributed by atoms with Crippen LogP contribution in [-0.4, -0.2) is 23.9 Å². The maximum absolute atomic E-state index is 11.8. The molecule has 0 bridgehead atoms. The van der Waals surface area contributed by atoms with E-state index < -0.39 is 0 Å². The summed E-state index contributed by atoms with van der Waals surface area (Å²) in [6, 6.07) is 0.378. The summed E-state index contributed by atoms with van der Waals surface area (Å²) in [5.74, 6) is 0.849. The van der Waals surface area contributed by atoms with E-state index >= 15 is 0 Å². The Hall–Kier alpha value is -0.790. The van der Waals surface area contributed by atoms with E-state index in [2.05, 4.69) is 27.4 Å². The van der Waals surface area contributed by atoms with Gasteiger partial charge in [-0.2, -0.15) is 0 Å². The zero-order chi connectivity index (χ0) is 14.1. The van der Waals surface area contributed by atoms with Crippen LogP contribution >= 0.6 is 0 Å². The molecule has 1 amide bonds. The largest absolute Gasteiger partial charge is 0.343 e. The van der Waals surface area contributed by atoms with Crippen LogP contribution in [0.25, 0.3) is 0 Å². The van der Waals surface area contributed by atoms with Crippen molar-refractivity contribution < 1.29 is 4.79 Å². The highest BCUT2D eigenvalue weighted by Crippen LogP contribution is 2.21. The Bertz CT molecular complexity index is 260. The SMILES string of the molecule is C=C(CCC(CCC)N(C)C(=O)CC)C(C)CC. The Labute approximate surface area is 113 Å². The number of amides is 1. The fourth-order valence-corrected chi connectivity index (χ4v) is 2.20. The number of nitrogens with zero attached hydrogens (tertiary/aromatic N) is 1. The van der Waals surface area contributed by atoms with Crippen molar-refractivity contribution >= 4 is 5.91 Å². The Morgan fingerprint density at radius 2 is 1.83 bits per heavy atom. The van der Waals surface area contributed by atoms with Crippen LogP contribution in [-0.2, 0) is 4.79 Å². The Morgan fingerprint density at radius 1 is 1.22 bits per heavy atom. The smallest absolute Gasteiger partial charge is 0.222 e. The Balaban J connectivity index is 4.36. The summed E-state index contributed by atoms with van der Waals surface area (Å²) in [5.41, 5.74) is 1.33. The number of allylic oxidation sites excluding steroid dienone is 1. The quantitative estimate of drug-likeness (QED) is 0.557. The second kappa shape index (κ2) is 9.18. The van der Waals surface area contributed by atoms with Gasteiger partial charge >= 0.3 is 0 Å². The van der Waals surface area contributed by atoms with Gasteiger partial charge in [-0.05, 0) is 31.6 Å². The minimum absolute atomic E-state index is 0.252. The van der Waals surface area contributed by atoms with Crippen LogP contribution in [0.4, 0.5) is 0 Å². The molecule has 0 aliphatic heterocycles. The summed E-state index contributed by atoms with van der Waals surface area (Å²) in [7, 11) is 1.94. The van der Waals surface area contributed by atoms with Crippen molar-refractivity contribution in [3.8, 4) is 0 Å². The molecule has 0 aromatic rings. The van der Waals surface area contributed by atoms with E-state index in [9.17, 15) is 4.79 Å². The third-order valence-electron chi connectivity index (χ3n) is 3.97. The van der Waals surface area contributed by atoms with E-state index in [4.69, 9.17) is 0 Å². The molecule has 2 heteroatoms. The van der Waals surface area contributed by atoms with Crippen molar-refractivity contribution in [3.05, 3.63) is 12.2 Å². The first kappa shape index (κ1) is 17.2. The predicted octanol–water partition coefficient (Wildman–Crippen LogP) is 4.41. The predicted molar refractivity (Wildman–Crippen MR) is 79.6 cm³/mol. The molecular weight excluding hydrogens is 222 g/mol. The van der Waals surface area contributed by atoms with Crippen molar-refractivity contribution in [2.45, 2.75) is 72.3 Å². The molecular formula is C16H31NO. The van der Waals surface area contributed by atoms with Gasteiger partial charge in [0, 0.05) is 19.5 Å². The van der Waals surface area contributed by atoms with Crippen LogP contribution in [0.3, 0.4) is 0 Å². The lowest BCUT2D eigenvalue weighted by molar-refractivity contribution is -0.131. The average Bonchev–Trinajstić information content (AvgIpc) is 2.40. The molecule has 0 aliphatic rings. The molecule has 0 spiro atoms. The number of carbonyl (C=O) groups is 1. The molecule has 0 heterocycles. The summed E-state index contributed by atoms with van der Waals surface area (Å²) < 4.78 is 0. The fourth-order valence-electron chi connectivity index (χ4n) is 2.20. The minimum Gasteiger partial charge on any atom is -0.343 e. The molecule has 0 aliphatic carbocycles. The van der Waals surface area contributed by atoms with Crippen LogP contribution in [0.2, 0.25) is 0 Å². The van der Waals surface area contributed by atoms with Gasteiger partial charge < -0.3 is 4.90 Å². The lowest BCUT2D eigenvalue weighted by Crippen LogP contribution is -2.36. The molecule has 106 valence electrons. The third kappa shape index (κ3) is 5.70. The molecule has 0 saturated carbocycles. The number of hydrogen-bond donors (Lipinski definition) is 0. The van der Waals surface area contributed by atoms with Gasteiger partial charge in [0.05, 0.1) is 0 Å². The lowest BCUT2D eigenvalue weighted by atomic mass is 9.93. The first-order valence-electron chi connectivity index (χ1n) is 7.41. The van der Waals surface area contributed by atoms with Crippen molar-refractivity contribution in [3.63, 3.8) is 0 Å². The summed E-state index contributed by atoms with van der Waals surface area (Å²) >= 11 is 0. The van der Waals surface area contributed by atoms with Crippen LogP contribution in [0.1, 0.15) is 66.2 Å². The first-order valence-corrected chi connectivity index (χ1v) is 7.41. The van der Waals surface area contributed by atoms with Gasteiger partial charge in [0.25, 0.3) is 0 Å². The highest BCUT2D eigenvalue weighted by atomic mass is 16.2. The van der Waals surface area contributed by atoms with E-state index in [1.165, 1.54) is 5.57 Å². The molecule has 18 heavy (non-hydrogen) atoms. The molecule has 2 nitrogen and oxygen atoms in total. The Kier molecular flexibility index (Phi) is 8.78. The molecule has 0 aromatic heterocycles. The van der Waals surface area contributed by atoms with Gasteiger partial charge in [-0.15, -0.1) is 0 Å². The van der Waals surface area contributed by atoms with Crippen LogP contribution in [0.15, 0.2) is 12.2 Å². The summed E-state index contributed by atoms with van der Waals surface area (Å²) in [4.78, 5) is 13.7. The maximum Gasteiger partial charge on any atom is 0.222 e. The highest BCUT2D eigenvalue weighted by Gasteiger charge is 2.18. The average molecular weight is 253 g/mol. The van der Waals surface area contributed by atoms with Crippen LogP contribution in [0, 0.1) is 5.92 Å². The standard InChI is InChI=1S/C16H31NO/c1-7-10-15(17(6)16(18)9-3)12-11-14(5)13(4)8-2/h13,15H,5,7-12H2,1-4,6H3. The first-order chi connectivity index (χ1) is 8.47. The molecule has 2 atom stereocenters. The topological polar surface area (TPSA) is 20.3 Å². The van der Waals surface area contributed by atoms with Crippen LogP contribution < -0.4 is 0 Å². The third-order valence-corrected chi connectivity index (χ3v) is 3.97. The second-order valence-corrected chi connectivity index (χ2v) is 5.31. The zero-order valence-electron chi connectivity index (χ0n) is 13.0. The number of carbonyl (C=O) groups excluding carboxylic acids is 1. The van der Waals surface area contributed by atoms with Gasteiger partial charge in [0.15, 0.2) is 0 Å². The maximum atomic E-state index is 11.8. The molecule has 0 aromatic carbocycles. The van der Waals surface area contributed by atoms with Crippen LogP contribution in [0.5, 0.6) is 0 Å². The van der Waals surface area contributed by atoms with Gasteiger partial charge in [0.2, 0.25) is 5.91 Å². The Morgan fingerprint density at radius 3 is 2.28 bits per heavy atom. The zero-order valence-corrected chi connectivity index (χ0v) is 13.0. The molecule has 0 radical (unpaired) electrons. The van der Waals surface area contributed by atoms with Gasteiger partial charge in [-0.3, -0.25) is 4.79 Å².